The lowest BCUT2D eigenvalue weighted by Gasteiger charge is -2.36. The van der Waals surface area contributed by atoms with E-state index in [0.29, 0.717) is 24.6 Å². The summed E-state index contributed by atoms with van der Waals surface area (Å²) in [5, 5.41) is 7.17. The van der Waals surface area contributed by atoms with Gasteiger partial charge in [0, 0.05) is 31.8 Å². The third-order valence-electron chi connectivity index (χ3n) is 7.38. The summed E-state index contributed by atoms with van der Waals surface area (Å²) in [5.74, 6) is -8.65. The fraction of sp³-hybridized carbons (Fsp3) is 0.412. The number of hydrogen-bond acceptors (Lipinski definition) is 7. The van der Waals surface area contributed by atoms with E-state index in [1.807, 2.05) is 24.3 Å². The van der Waals surface area contributed by atoms with Gasteiger partial charge in [-0.2, -0.15) is 26.3 Å². The standard InChI is InChI=1S/C34H38ClF7N6O4/c1-5-43-31(44-14-9-15-48(3)4)51-29(49)33(39,40)21(2)46-30(50)47-32(19-22-10-7-6-8-11-22,27-13-12-24(35)20-45-27)23-16-25(36)18-26(17-23)52-34(41,42)28(37)38/h6-8,10-13,16-18,20-21,28H,5,9,14-15,19H2,1-4H3,(H,43,44)(H2,46,47,50)/t21?,32-/m0/s1. The molecule has 10 nitrogen and oxygen atoms in total. The number of alkyl halides is 6. The van der Waals surface area contributed by atoms with Crippen molar-refractivity contribution in [1.29, 1.82) is 0 Å². The lowest BCUT2D eigenvalue weighted by molar-refractivity contribution is -0.253. The van der Waals surface area contributed by atoms with Gasteiger partial charge in [-0.15, -0.1) is 0 Å². The molecule has 1 heterocycles. The predicted octanol–water partition coefficient (Wildman–Crippen LogP) is 6.38. The lowest BCUT2D eigenvalue weighted by Crippen LogP contribution is -2.58. The number of hydrogen-bond donors (Lipinski definition) is 3. The summed E-state index contributed by atoms with van der Waals surface area (Å²) in [4.78, 5) is 36.5. The second-order valence-electron chi connectivity index (χ2n) is 11.8. The average Bonchev–Trinajstić information content (AvgIpc) is 3.06. The normalized spacial score (nSPS) is 14.1. The van der Waals surface area contributed by atoms with Gasteiger partial charge in [-0.25, -0.2) is 19.0 Å². The maximum atomic E-state index is 15.4. The molecule has 1 unspecified atom stereocenters. The Morgan fingerprint density at radius 2 is 1.73 bits per heavy atom. The van der Waals surface area contributed by atoms with E-state index >= 15 is 13.2 Å². The third kappa shape index (κ3) is 11.4. The van der Waals surface area contributed by atoms with Crippen molar-refractivity contribution in [2.45, 2.75) is 56.7 Å². The van der Waals surface area contributed by atoms with Crippen LogP contribution < -0.4 is 20.7 Å². The monoisotopic (exact) mass is 762 g/mol. The summed E-state index contributed by atoms with van der Waals surface area (Å²) in [6.45, 7) is 3.43. The molecule has 3 aromatic rings. The van der Waals surface area contributed by atoms with Crippen LogP contribution in [-0.4, -0.2) is 86.1 Å². The predicted molar refractivity (Wildman–Crippen MR) is 179 cm³/mol. The van der Waals surface area contributed by atoms with Crippen molar-refractivity contribution in [2.75, 3.05) is 33.7 Å². The first-order chi connectivity index (χ1) is 24.4. The fourth-order valence-electron chi connectivity index (χ4n) is 4.81. The number of benzene rings is 2. The molecule has 0 aliphatic heterocycles. The van der Waals surface area contributed by atoms with Crippen LogP contribution in [0.25, 0.3) is 0 Å². The van der Waals surface area contributed by atoms with Crippen LogP contribution in [0.2, 0.25) is 5.02 Å². The first kappa shape index (κ1) is 41.8. The number of nitrogens with one attached hydrogen (secondary N) is 3. The number of urea groups is 1. The molecule has 2 aromatic carbocycles. The van der Waals surface area contributed by atoms with Gasteiger partial charge in [0.25, 0.3) is 6.02 Å². The quantitative estimate of drug-likeness (QED) is 0.0510. The van der Waals surface area contributed by atoms with Crippen molar-refractivity contribution < 1.29 is 49.8 Å². The highest BCUT2D eigenvalue weighted by Gasteiger charge is 2.49. The van der Waals surface area contributed by atoms with Crippen molar-refractivity contribution in [2.24, 2.45) is 4.99 Å². The summed E-state index contributed by atoms with van der Waals surface area (Å²) in [5.41, 5.74) is -2.12. The minimum Gasteiger partial charge on any atom is -0.428 e. The second-order valence-corrected chi connectivity index (χ2v) is 12.2. The molecule has 0 aliphatic rings. The van der Waals surface area contributed by atoms with Crippen LogP contribution in [0, 0.1) is 5.82 Å². The SMILES string of the molecule is CCN/C(=N\CCCN(C)C)OC(=O)C(F)(F)C(C)NC(=O)N[C@@](Cc1ccccc1)(c1cc(F)cc(OC(F)(F)C(F)F)c1)c1ccc(Cl)cn1. The molecule has 52 heavy (non-hydrogen) atoms. The summed E-state index contributed by atoms with van der Waals surface area (Å²) in [6.07, 6.45) is -7.96. The van der Waals surface area contributed by atoms with Crippen LogP contribution >= 0.6 is 11.6 Å². The van der Waals surface area contributed by atoms with Crippen LogP contribution in [0.3, 0.4) is 0 Å². The van der Waals surface area contributed by atoms with Crippen molar-refractivity contribution in [3.63, 3.8) is 0 Å². The van der Waals surface area contributed by atoms with Crippen molar-refractivity contribution in [3.8, 4) is 5.75 Å². The van der Waals surface area contributed by atoms with Crippen LogP contribution in [-0.2, 0) is 21.5 Å². The molecule has 0 fully saturated rings. The molecule has 3 N–H and O–H groups in total. The number of pyridine rings is 1. The molecule has 2 amide bonds. The molecule has 0 aliphatic carbocycles. The van der Waals surface area contributed by atoms with E-state index in [2.05, 4.69) is 25.3 Å². The van der Waals surface area contributed by atoms with E-state index in [1.54, 1.807) is 37.3 Å². The Kier molecular flexibility index (Phi) is 14.6. The van der Waals surface area contributed by atoms with Crippen molar-refractivity contribution in [3.05, 3.63) is 94.5 Å². The summed E-state index contributed by atoms with van der Waals surface area (Å²) >= 11 is 6.04. The van der Waals surface area contributed by atoms with Crippen LogP contribution in [0.5, 0.6) is 5.75 Å². The molecule has 3 rings (SSSR count). The van der Waals surface area contributed by atoms with E-state index in [0.717, 1.165) is 25.3 Å². The van der Waals surface area contributed by atoms with Gasteiger partial charge in [0.1, 0.15) is 23.1 Å². The number of ether oxygens (including phenoxy) is 2. The summed E-state index contributed by atoms with van der Waals surface area (Å²) < 4.78 is 109. The number of esters is 1. The first-order valence-corrected chi connectivity index (χ1v) is 16.2. The molecule has 0 radical (unpaired) electrons. The van der Waals surface area contributed by atoms with E-state index in [9.17, 15) is 27.2 Å². The second kappa shape index (κ2) is 18.2. The van der Waals surface area contributed by atoms with Gasteiger partial charge in [0.15, 0.2) is 0 Å². The van der Waals surface area contributed by atoms with Gasteiger partial charge in [0.2, 0.25) is 0 Å². The number of carbonyl (C=O) groups is 2. The topological polar surface area (TPSA) is 117 Å². The molecule has 284 valence electrons. The first-order valence-electron chi connectivity index (χ1n) is 15.8. The van der Waals surface area contributed by atoms with Gasteiger partial charge in [0.05, 0.1) is 10.7 Å². The van der Waals surface area contributed by atoms with Crippen LogP contribution in [0.1, 0.15) is 37.1 Å². The number of nitrogens with zero attached hydrogens (tertiary/aromatic N) is 3. The fourth-order valence-corrected chi connectivity index (χ4v) is 4.93. The largest absolute Gasteiger partial charge is 0.461 e. The average molecular weight is 763 g/mol. The Balaban J connectivity index is 2.03. The van der Waals surface area contributed by atoms with E-state index < -0.39 is 59.6 Å². The summed E-state index contributed by atoms with van der Waals surface area (Å²) in [6, 6.07) is 8.63. The molecular formula is C34H38ClF7N6O4. The van der Waals surface area contributed by atoms with Crippen molar-refractivity contribution >= 4 is 29.6 Å². The van der Waals surface area contributed by atoms with Gasteiger partial charge in [-0.3, -0.25) is 4.98 Å². The van der Waals surface area contributed by atoms with Crippen LogP contribution in [0.15, 0.2) is 71.9 Å². The zero-order chi connectivity index (χ0) is 38.7. The number of amides is 2. The Morgan fingerprint density at radius 3 is 2.33 bits per heavy atom. The Bertz CT molecular complexity index is 1670. The number of aliphatic imine (C=N–C) groups is 1. The number of halogens is 8. The number of aromatic nitrogens is 1. The maximum Gasteiger partial charge on any atom is 0.461 e. The molecule has 2 atom stereocenters. The zero-order valence-electron chi connectivity index (χ0n) is 28.5. The molecule has 0 saturated heterocycles. The lowest BCUT2D eigenvalue weighted by atomic mass is 9.80. The zero-order valence-corrected chi connectivity index (χ0v) is 29.3. The van der Waals surface area contributed by atoms with E-state index in [4.69, 9.17) is 16.3 Å². The van der Waals surface area contributed by atoms with E-state index in [1.165, 1.54) is 12.1 Å². The Hall–Kier alpha value is -4.64. The molecule has 0 spiro atoms. The molecule has 0 saturated carbocycles. The Morgan fingerprint density at radius 1 is 1.04 bits per heavy atom. The van der Waals surface area contributed by atoms with Crippen molar-refractivity contribution in [1.82, 2.24) is 25.8 Å². The third-order valence-corrected chi connectivity index (χ3v) is 7.60. The van der Waals surface area contributed by atoms with Gasteiger partial charge < -0.3 is 30.3 Å². The molecule has 1 aromatic heterocycles. The minimum absolute atomic E-state index is 0.104. The summed E-state index contributed by atoms with van der Waals surface area (Å²) in [7, 11) is 3.67. The number of carbonyl (C=O) groups excluding carboxylic acids is 2. The van der Waals surface area contributed by atoms with E-state index in [-0.39, 0.29) is 35.8 Å². The maximum absolute atomic E-state index is 15.4. The smallest absolute Gasteiger partial charge is 0.428 e. The molecule has 0 bridgehead atoms. The molecular weight excluding hydrogens is 725 g/mol. The highest BCUT2D eigenvalue weighted by molar-refractivity contribution is 6.30. The highest BCUT2D eigenvalue weighted by Crippen LogP contribution is 2.37. The van der Waals surface area contributed by atoms with Crippen LogP contribution in [0.4, 0.5) is 35.5 Å². The minimum atomic E-state index is -5.03. The van der Waals surface area contributed by atoms with Gasteiger partial charge >= 0.3 is 30.5 Å². The van der Waals surface area contributed by atoms with Gasteiger partial charge in [-0.1, -0.05) is 41.9 Å². The highest BCUT2D eigenvalue weighted by atomic mass is 35.5. The Labute approximate surface area is 300 Å². The number of amidine groups is 1. The molecule has 18 heteroatoms. The van der Waals surface area contributed by atoms with Gasteiger partial charge in [-0.05, 0) is 76.3 Å². The number of rotatable bonds is 16.